The number of carbonyl (C=O) groups excluding carboxylic acids is 1. The number of rotatable bonds is 5. The van der Waals surface area contributed by atoms with Crippen molar-refractivity contribution < 1.29 is 9.18 Å². The number of carbonyl (C=O) groups is 1. The van der Waals surface area contributed by atoms with Gasteiger partial charge in [0.15, 0.2) is 0 Å². The lowest BCUT2D eigenvalue weighted by Crippen LogP contribution is -2.16. The standard InChI is InChI=1S/C20H28FN3O/c1-13(11-20(3,4)5)15-9-7-8-10-17(15)22-19(25)16-12-24(6)23-18(16)14(2)21/h7-10,12-14H,11H2,1-6H3,(H,22,25). The second kappa shape index (κ2) is 7.38. The molecule has 0 radical (unpaired) electrons. The minimum Gasteiger partial charge on any atom is -0.322 e. The molecule has 1 heterocycles. The number of anilines is 1. The summed E-state index contributed by atoms with van der Waals surface area (Å²) in [5.41, 5.74) is 2.49. The van der Waals surface area contributed by atoms with Crippen LogP contribution < -0.4 is 5.32 Å². The molecule has 0 saturated carbocycles. The zero-order chi connectivity index (χ0) is 18.8. The van der Waals surface area contributed by atoms with Crippen LogP contribution in [0.25, 0.3) is 0 Å². The minimum atomic E-state index is -1.29. The molecule has 2 unspecified atom stereocenters. The highest BCUT2D eigenvalue weighted by molar-refractivity contribution is 6.05. The first-order chi connectivity index (χ1) is 11.6. The Morgan fingerprint density at radius 1 is 1.28 bits per heavy atom. The molecule has 25 heavy (non-hydrogen) atoms. The van der Waals surface area contributed by atoms with Crippen LogP contribution in [0.1, 0.15) is 74.7 Å². The molecule has 2 atom stereocenters. The van der Waals surface area contributed by atoms with Crippen molar-refractivity contribution in [2.45, 2.75) is 53.1 Å². The molecular weight excluding hydrogens is 317 g/mol. The molecule has 0 aliphatic rings. The Kier molecular flexibility index (Phi) is 5.65. The van der Waals surface area contributed by atoms with E-state index in [-0.39, 0.29) is 22.6 Å². The summed E-state index contributed by atoms with van der Waals surface area (Å²) in [5, 5.41) is 7.00. The summed E-state index contributed by atoms with van der Waals surface area (Å²) in [5.74, 6) is -0.0343. The molecule has 2 aromatic rings. The molecule has 4 nitrogen and oxygen atoms in total. The number of benzene rings is 1. The van der Waals surface area contributed by atoms with E-state index in [1.165, 1.54) is 11.6 Å². The van der Waals surface area contributed by atoms with Crippen LogP contribution in [-0.2, 0) is 7.05 Å². The molecule has 0 aliphatic heterocycles. The molecule has 0 aliphatic carbocycles. The molecule has 136 valence electrons. The van der Waals surface area contributed by atoms with Gasteiger partial charge in [-0.2, -0.15) is 5.10 Å². The van der Waals surface area contributed by atoms with Gasteiger partial charge >= 0.3 is 0 Å². The van der Waals surface area contributed by atoms with Crippen molar-refractivity contribution in [2.75, 3.05) is 5.32 Å². The van der Waals surface area contributed by atoms with Gasteiger partial charge in [0.05, 0.1) is 5.56 Å². The highest BCUT2D eigenvalue weighted by Crippen LogP contribution is 2.34. The van der Waals surface area contributed by atoms with E-state index >= 15 is 0 Å². The second-order valence-corrected chi connectivity index (χ2v) is 7.92. The molecule has 2 rings (SSSR count). The van der Waals surface area contributed by atoms with Crippen LogP contribution in [0.5, 0.6) is 0 Å². The third kappa shape index (κ3) is 4.91. The number of amides is 1. The fraction of sp³-hybridized carbons (Fsp3) is 0.500. The van der Waals surface area contributed by atoms with Gasteiger partial charge in [-0.15, -0.1) is 0 Å². The first kappa shape index (κ1) is 19.2. The van der Waals surface area contributed by atoms with E-state index in [1.54, 1.807) is 13.2 Å². The number of aromatic nitrogens is 2. The summed E-state index contributed by atoms with van der Waals surface area (Å²) < 4.78 is 15.2. The molecule has 0 spiro atoms. The van der Waals surface area contributed by atoms with E-state index in [4.69, 9.17) is 0 Å². The van der Waals surface area contributed by atoms with Crippen LogP contribution in [0.15, 0.2) is 30.5 Å². The fourth-order valence-electron chi connectivity index (χ4n) is 3.23. The van der Waals surface area contributed by atoms with Gasteiger partial charge in [-0.05, 0) is 36.3 Å². The maximum absolute atomic E-state index is 13.7. The van der Waals surface area contributed by atoms with E-state index in [0.717, 1.165) is 17.7 Å². The fourth-order valence-corrected chi connectivity index (χ4v) is 3.23. The van der Waals surface area contributed by atoms with Gasteiger partial charge in [-0.3, -0.25) is 9.48 Å². The number of hydrogen-bond donors (Lipinski definition) is 1. The van der Waals surface area contributed by atoms with Crippen LogP contribution in [0.3, 0.4) is 0 Å². The zero-order valence-electron chi connectivity index (χ0n) is 15.9. The van der Waals surface area contributed by atoms with Crippen molar-refractivity contribution >= 4 is 11.6 Å². The van der Waals surface area contributed by atoms with Crippen molar-refractivity contribution in [1.82, 2.24) is 9.78 Å². The normalized spacial score (nSPS) is 14.2. The summed E-state index contributed by atoms with van der Waals surface area (Å²) in [7, 11) is 1.68. The van der Waals surface area contributed by atoms with Crippen LogP contribution in [0.2, 0.25) is 0 Å². The molecule has 1 amide bonds. The number of halogens is 1. The van der Waals surface area contributed by atoms with Crippen molar-refractivity contribution in [3.63, 3.8) is 0 Å². The van der Waals surface area contributed by atoms with E-state index in [9.17, 15) is 9.18 Å². The number of nitrogens with zero attached hydrogens (tertiary/aromatic N) is 2. The summed E-state index contributed by atoms with van der Waals surface area (Å²) in [6.07, 6.45) is 1.26. The average molecular weight is 345 g/mol. The SMILES string of the molecule is CC(F)c1nn(C)cc1C(=O)Nc1ccccc1C(C)CC(C)(C)C. The van der Waals surface area contributed by atoms with Crippen molar-refractivity contribution in [3.05, 3.63) is 47.3 Å². The predicted molar refractivity (Wildman–Crippen MR) is 99.6 cm³/mol. The van der Waals surface area contributed by atoms with Crippen LogP contribution >= 0.6 is 0 Å². The van der Waals surface area contributed by atoms with E-state index in [0.29, 0.717) is 5.92 Å². The number of nitrogens with one attached hydrogen (secondary N) is 1. The summed E-state index contributed by atoms with van der Waals surface area (Å²) >= 11 is 0. The smallest absolute Gasteiger partial charge is 0.259 e. The second-order valence-electron chi connectivity index (χ2n) is 7.92. The Morgan fingerprint density at radius 3 is 2.52 bits per heavy atom. The van der Waals surface area contributed by atoms with Gasteiger partial charge in [0.1, 0.15) is 11.9 Å². The lowest BCUT2D eigenvalue weighted by Gasteiger charge is -2.25. The third-order valence-electron chi connectivity index (χ3n) is 4.14. The molecule has 5 heteroatoms. The Hall–Kier alpha value is -2.17. The van der Waals surface area contributed by atoms with Gasteiger partial charge in [-0.25, -0.2) is 4.39 Å². The van der Waals surface area contributed by atoms with Crippen LogP contribution in [-0.4, -0.2) is 15.7 Å². The topological polar surface area (TPSA) is 46.9 Å². The van der Waals surface area contributed by atoms with Crippen LogP contribution in [0, 0.1) is 5.41 Å². The van der Waals surface area contributed by atoms with Gasteiger partial charge in [0.2, 0.25) is 0 Å². The molecule has 0 bridgehead atoms. The predicted octanol–water partition coefficient (Wildman–Crippen LogP) is 5.24. The Balaban J connectivity index is 2.28. The molecule has 1 aromatic heterocycles. The number of aryl methyl sites for hydroxylation is 1. The summed E-state index contributed by atoms with van der Waals surface area (Å²) in [6, 6.07) is 7.80. The third-order valence-corrected chi connectivity index (χ3v) is 4.14. The molecule has 1 N–H and O–H groups in total. The quantitative estimate of drug-likeness (QED) is 0.805. The van der Waals surface area contributed by atoms with Crippen molar-refractivity contribution in [3.8, 4) is 0 Å². The van der Waals surface area contributed by atoms with Gasteiger partial charge in [-0.1, -0.05) is 45.9 Å². The maximum atomic E-state index is 13.7. The minimum absolute atomic E-state index is 0.167. The van der Waals surface area contributed by atoms with E-state index < -0.39 is 6.17 Å². The lowest BCUT2D eigenvalue weighted by atomic mass is 9.82. The van der Waals surface area contributed by atoms with Gasteiger partial charge in [0.25, 0.3) is 5.91 Å². The maximum Gasteiger partial charge on any atom is 0.259 e. The molecule has 0 fully saturated rings. The Bertz CT molecular complexity index is 744. The lowest BCUT2D eigenvalue weighted by molar-refractivity contribution is 0.102. The highest BCUT2D eigenvalue weighted by Gasteiger charge is 2.23. The molecule has 0 saturated heterocycles. The average Bonchev–Trinajstić information content (AvgIpc) is 2.88. The Morgan fingerprint density at radius 2 is 1.92 bits per heavy atom. The van der Waals surface area contributed by atoms with E-state index in [1.807, 2.05) is 24.3 Å². The monoisotopic (exact) mass is 345 g/mol. The number of alkyl halides is 1. The van der Waals surface area contributed by atoms with Gasteiger partial charge in [0, 0.05) is 18.9 Å². The molecular formula is C20H28FN3O. The first-order valence-corrected chi connectivity index (χ1v) is 8.66. The molecule has 1 aromatic carbocycles. The number of hydrogen-bond acceptors (Lipinski definition) is 2. The number of para-hydroxylation sites is 1. The summed E-state index contributed by atoms with van der Waals surface area (Å²) in [4.78, 5) is 12.7. The van der Waals surface area contributed by atoms with E-state index in [2.05, 4.69) is 38.1 Å². The Labute approximate surface area is 149 Å². The van der Waals surface area contributed by atoms with Crippen molar-refractivity contribution in [2.24, 2.45) is 12.5 Å². The highest BCUT2D eigenvalue weighted by atomic mass is 19.1. The largest absolute Gasteiger partial charge is 0.322 e. The van der Waals surface area contributed by atoms with Crippen molar-refractivity contribution in [1.29, 1.82) is 0 Å². The zero-order valence-corrected chi connectivity index (χ0v) is 15.9. The summed E-state index contributed by atoms with van der Waals surface area (Å²) in [6.45, 7) is 10.2. The van der Waals surface area contributed by atoms with Gasteiger partial charge < -0.3 is 5.32 Å². The van der Waals surface area contributed by atoms with Crippen LogP contribution in [0.4, 0.5) is 10.1 Å². The first-order valence-electron chi connectivity index (χ1n) is 8.66.